The molecule has 1 aromatic rings. The Morgan fingerprint density at radius 2 is 2.13 bits per heavy atom. The topological polar surface area (TPSA) is 32.7 Å². The lowest BCUT2D eigenvalue weighted by molar-refractivity contribution is 0.0782. The lowest BCUT2D eigenvalue weighted by Gasteiger charge is -2.29. The molecule has 1 aromatic carbocycles. The van der Waals surface area contributed by atoms with E-state index in [0.717, 1.165) is 23.5 Å². The number of benzene rings is 1. The van der Waals surface area contributed by atoms with E-state index >= 15 is 0 Å². The van der Waals surface area contributed by atoms with Crippen LogP contribution in [0.3, 0.4) is 0 Å². The van der Waals surface area contributed by atoms with E-state index in [0.29, 0.717) is 6.61 Å². The fourth-order valence-electron chi connectivity index (χ4n) is 1.74. The molecule has 2 rings (SSSR count). The first-order valence-electron chi connectivity index (χ1n) is 5.19. The van der Waals surface area contributed by atoms with Crippen LogP contribution in [0.15, 0.2) is 18.2 Å². The highest BCUT2D eigenvalue weighted by molar-refractivity contribution is 5.61. The Bertz CT molecular complexity index is 368. The molecular weight excluding hydrogens is 190 g/mol. The minimum absolute atomic E-state index is 0.707. The molecule has 0 aromatic heterocycles. The minimum atomic E-state index is -0.811. The van der Waals surface area contributed by atoms with Crippen LogP contribution >= 0.6 is 0 Å². The van der Waals surface area contributed by atoms with E-state index in [1.165, 1.54) is 0 Å². The number of hydrogen-bond acceptors (Lipinski definition) is 3. The van der Waals surface area contributed by atoms with Crippen LogP contribution in [0.1, 0.15) is 19.4 Å². The zero-order valence-corrected chi connectivity index (χ0v) is 9.45. The van der Waals surface area contributed by atoms with Gasteiger partial charge in [0, 0.05) is 7.05 Å². The lowest BCUT2D eigenvalue weighted by Crippen LogP contribution is -2.29. The van der Waals surface area contributed by atoms with Crippen molar-refractivity contribution < 1.29 is 9.84 Å². The summed E-state index contributed by atoms with van der Waals surface area (Å²) in [5, 5.41) is 9.89. The molecule has 1 N–H and O–H groups in total. The highest BCUT2D eigenvalue weighted by Crippen LogP contribution is 2.34. The van der Waals surface area contributed by atoms with Gasteiger partial charge in [-0.05, 0) is 31.5 Å². The molecule has 15 heavy (non-hydrogen) atoms. The first kappa shape index (κ1) is 10.3. The zero-order chi connectivity index (χ0) is 11.1. The van der Waals surface area contributed by atoms with Crippen molar-refractivity contribution in [3.63, 3.8) is 0 Å². The Labute approximate surface area is 90.3 Å². The van der Waals surface area contributed by atoms with Crippen molar-refractivity contribution in [2.24, 2.45) is 0 Å². The third-order valence-electron chi connectivity index (χ3n) is 2.76. The van der Waals surface area contributed by atoms with Gasteiger partial charge in [-0.3, -0.25) is 0 Å². The third kappa shape index (κ3) is 1.92. The van der Waals surface area contributed by atoms with Crippen LogP contribution in [-0.4, -0.2) is 25.3 Å². The number of rotatable bonds is 1. The molecule has 0 saturated carbocycles. The number of fused-ring (bicyclic) bond motifs is 1. The van der Waals surface area contributed by atoms with Crippen molar-refractivity contribution in [3.8, 4) is 5.75 Å². The van der Waals surface area contributed by atoms with Gasteiger partial charge >= 0.3 is 0 Å². The largest absolute Gasteiger partial charge is 0.490 e. The molecule has 1 heterocycles. The fraction of sp³-hybridized carbons (Fsp3) is 0.500. The summed E-state index contributed by atoms with van der Waals surface area (Å²) in [4.78, 5) is 2.16. The van der Waals surface area contributed by atoms with Crippen molar-refractivity contribution in [2.75, 3.05) is 25.1 Å². The Morgan fingerprint density at radius 3 is 2.80 bits per heavy atom. The van der Waals surface area contributed by atoms with E-state index in [-0.39, 0.29) is 0 Å². The van der Waals surface area contributed by atoms with Gasteiger partial charge in [-0.1, -0.05) is 6.07 Å². The van der Waals surface area contributed by atoms with Crippen molar-refractivity contribution >= 4 is 5.69 Å². The van der Waals surface area contributed by atoms with Gasteiger partial charge in [-0.25, -0.2) is 0 Å². The van der Waals surface area contributed by atoms with Gasteiger partial charge < -0.3 is 14.7 Å². The van der Waals surface area contributed by atoms with E-state index in [1.54, 1.807) is 13.8 Å². The summed E-state index contributed by atoms with van der Waals surface area (Å²) in [5.41, 5.74) is 1.17. The molecule has 0 amide bonds. The number of nitrogens with zero attached hydrogens (tertiary/aromatic N) is 1. The van der Waals surface area contributed by atoms with Crippen LogP contribution in [0.4, 0.5) is 5.69 Å². The van der Waals surface area contributed by atoms with E-state index in [9.17, 15) is 5.11 Å². The Morgan fingerprint density at radius 1 is 1.40 bits per heavy atom. The normalized spacial score (nSPS) is 15.9. The fourth-order valence-corrected chi connectivity index (χ4v) is 1.74. The van der Waals surface area contributed by atoms with Gasteiger partial charge in [0.25, 0.3) is 0 Å². The van der Waals surface area contributed by atoms with Gasteiger partial charge in [-0.15, -0.1) is 0 Å². The van der Waals surface area contributed by atoms with E-state index in [1.807, 2.05) is 25.2 Å². The summed E-state index contributed by atoms with van der Waals surface area (Å²) in [5.74, 6) is 0.864. The number of hydrogen-bond donors (Lipinski definition) is 1. The quantitative estimate of drug-likeness (QED) is 0.761. The standard InChI is InChI=1S/C12H17NO2/c1-12(2,14)9-4-5-10-11(8-9)15-7-6-13(10)3/h4-5,8,14H,6-7H2,1-3H3. The van der Waals surface area contributed by atoms with Crippen LogP contribution < -0.4 is 9.64 Å². The molecule has 1 aliphatic heterocycles. The maximum atomic E-state index is 9.89. The Balaban J connectivity index is 2.42. The Kier molecular flexibility index (Phi) is 2.35. The summed E-state index contributed by atoms with van der Waals surface area (Å²) in [6.07, 6.45) is 0. The average molecular weight is 207 g/mol. The molecule has 3 heteroatoms. The molecule has 82 valence electrons. The molecular formula is C12H17NO2. The first-order valence-corrected chi connectivity index (χ1v) is 5.19. The number of likely N-dealkylation sites (N-methyl/N-ethyl adjacent to an activating group) is 1. The molecule has 0 radical (unpaired) electrons. The van der Waals surface area contributed by atoms with Crippen LogP contribution in [-0.2, 0) is 5.60 Å². The van der Waals surface area contributed by atoms with Crippen LogP contribution in [0.25, 0.3) is 0 Å². The molecule has 3 nitrogen and oxygen atoms in total. The van der Waals surface area contributed by atoms with Crippen LogP contribution in [0.5, 0.6) is 5.75 Å². The smallest absolute Gasteiger partial charge is 0.143 e. The van der Waals surface area contributed by atoms with Gasteiger partial charge in [0.05, 0.1) is 17.8 Å². The summed E-state index contributed by atoms with van der Waals surface area (Å²) in [6.45, 7) is 5.18. The van der Waals surface area contributed by atoms with Gasteiger partial charge in [-0.2, -0.15) is 0 Å². The number of ether oxygens (including phenoxy) is 1. The maximum Gasteiger partial charge on any atom is 0.143 e. The number of aliphatic hydroxyl groups is 1. The van der Waals surface area contributed by atoms with Gasteiger partial charge in [0.15, 0.2) is 0 Å². The maximum absolute atomic E-state index is 9.89. The second-order valence-electron chi connectivity index (χ2n) is 4.51. The molecule has 0 aliphatic carbocycles. The van der Waals surface area contributed by atoms with Crippen LogP contribution in [0.2, 0.25) is 0 Å². The van der Waals surface area contributed by atoms with Crippen molar-refractivity contribution in [1.29, 1.82) is 0 Å². The van der Waals surface area contributed by atoms with E-state index < -0.39 is 5.60 Å². The molecule has 1 aliphatic rings. The predicted molar refractivity (Wildman–Crippen MR) is 60.5 cm³/mol. The monoisotopic (exact) mass is 207 g/mol. The second kappa shape index (κ2) is 3.42. The van der Waals surface area contributed by atoms with Crippen molar-refractivity contribution in [1.82, 2.24) is 0 Å². The van der Waals surface area contributed by atoms with Gasteiger partial charge in [0.2, 0.25) is 0 Å². The lowest BCUT2D eigenvalue weighted by atomic mass is 9.97. The van der Waals surface area contributed by atoms with E-state index in [4.69, 9.17) is 4.74 Å². The highest BCUT2D eigenvalue weighted by Gasteiger charge is 2.20. The summed E-state index contributed by atoms with van der Waals surface area (Å²) < 4.78 is 5.58. The molecule has 0 spiro atoms. The summed E-state index contributed by atoms with van der Waals surface area (Å²) in [7, 11) is 2.05. The second-order valence-corrected chi connectivity index (χ2v) is 4.51. The Hall–Kier alpha value is -1.22. The third-order valence-corrected chi connectivity index (χ3v) is 2.76. The summed E-state index contributed by atoms with van der Waals surface area (Å²) in [6, 6.07) is 5.87. The molecule has 0 saturated heterocycles. The van der Waals surface area contributed by atoms with Gasteiger partial charge in [0.1, 0.15) is 12.4 Å². The van der Waals surface area contributed by atoms with Crippen molar-refractivity contribution in [3.05, 3.63) is 23.8 Å². The predicted octanol–water partition coefficient (Wildman–Crippen LogP) is 1.74. The number of anilines is 1. The van der Waals surface area contributed by atoms with Crippen LogP contribution in [0, 0.1) is 0 Å². The highest BCUT2D eigenvalue weighted by atomic mass is 16.5. The molecule has 0 fully saturated rings. The molecule has 0 unspecified atom stereocenters. The van der Waals surface area contributed by atoms with Crippen molar-refractivity contribution in [2.45, 2.75) is 19.4 Å². The molecule has 0 atom stereocenters. The summed E-state index contributed by atoms with van der Waals surface area (Å²) >= 11 is 0. The average Bonchev–Trinajstić information content (AvgIpc) is 2.16. The van der Waals surface area contributed by atoms with E-state index in [2.05, 4.69) is 4.90 Å². The zero-order valence-electron chi connectivity index (χ0n) is 9.45. The minimum Gasteiger partial charge on any atom is -0.490 e. The SMILES string of the molecule is CN1CCOc2cc(C(C)(C)O)ccc21. The first-order chi connectivity index (χ1) is 6.98. The molecule has 0 bridgehead atoms.